The summed E-state index contributed by atoms with van der Waals surface area (Å²) in [5.41, 5.74) is 0. The first-order valence-corrected chi connectivity index (χ1v) is 6.21. The molecule has 0 aliphatic heterocycles. The molecule has 0 aliphatic carbocycles. The molecule has 0 saturated carbocycles. The summed E-state index contributed by atoms with van der Waals surface area (Å²) in [5, 5.41) is 3.48. The molecular formula is C12H30N4. The van der Waals surface area contributed by atoms with Gasteiger partial charge in [0.1, 0.15) is 0 Å². The van der Waals surface area contributed by atoms with E-state index in [1.54, 1.807) is 0 Å². The average Bonchev–Trinajstić information content (AvgIpc) is 2.19. The van der Waals surface area contributed by atoms with Crippen LogP contribution in [0.2, 0.25) is 0 Å². The molecule has 0 amide bonds. The Labute approximate surface area is 102 Å². The van der Waals surface area contributed by atoms with Crippen molar-refractivity contribution in [1.82, 2.24) is 20.0 Å². The number of hydrogen-bond donors (Lipinski definition) is 1. The van der Waals surface area contributed by atoms with Gasteiger partial charge in [0.25, 0.3) is 0 Å². The third kappa shape index (κ3) is 11.9. The lowest BCUT2D eigenvalue weighted by molar-refractivity contribution is 0.281. The van der Waals surface area contributed by atoms with Gasteiger partial charge in [-0.1, -0.05) is 0 Å². The van der Waals surface area contributed by atoms with Crippen LogP contribution in [-0.4, -0.2) is 89.2 Å². The topological polar surface area (TPSA) is 21.8 Å². The lowest BCUT2D eigenvalue weighted by Crippen LogP contribution is -2.34. The van der Waals surface area contributed by atoms with E-state index in [9.17, 15) is 0 Å². The zero-order valence-corrected chi connectivity index (χ0v) is 11.8. The highest BCUT2D eigenvalue weighted by Gasteiger charge is 1.98. The van der Waals surface area contributed by atoms with Crippen molar-refractivity contribution in [2.75, 3.05) is 74.5 Å². The maximum atomic E-state index is 3.48. The Bertz CT molecular complexity index is 148. The molecule has 0 fully saturated rings. The van der Waals surface area contributed by atoms with Crippen molar-refractivity contribution < 1.29 is 0 Å². The predicted molar refractivity (Wildman–Crippen MR) is 72.1 cm³/mol. The Hall–Kier alpha value is -0.160. The van der Waals surface area contributed by atoms with E-state index in [2.05, 4.69) is 55.3 Å². The van der Waals surface area contributed by atoms with E-state index >= 15 is 0 Å². The largest absolute Gasteiger partial charge is 0.315 e. The summed E-state index contributed by atoms with van der Waals surface area (Å²) < 4.78 is 0. The van der Waals surface area contributed by atoms with Crippen LogP contribution in [0, 0.1) is 0 Å². The molecule has 1 N–H and O–H groups in total. The third-order valence-corrected chi connectivity index (χ3v) is 2.56. The highest BCUT2D eigenvalue weighted by atomic mass is 15.2. The normalized spacial score (nSPS) is 12.0. The molecule has 0 bridgehead atoms. The number of nitrogens with zero attached hydrogens (tertiary/aromatic N) is 3. The molecule has 4 heteroatoms. The van der Waals surface area contributed by atoms with E-state index in [1.807, 2.05) is 0 Å². The van der Waals surface area contributed by atoms with Crippen molar-refractivity contribution in [2.45, 2.75) is 6.42 Å². The molecule has 4 nitrogen and oxygen atoms in total. The minimum atomic E-state index is 1.09. The molecular weight excluding hydrogens is 200 g/mol. The van der Waals surface area contributed by atoms with Gasteiger partial charge in [-0.25, -0.2) is 0 Å². The van der Waals surface area contributed by atoms with E-state index in [0.717, 1.165) is 32.7 Å². The fourth-order valence-electron chi connectivity index (χ4n) is 1.40. The fraction of sp³-hybridized carbons (Fsp3) is 1.00. The number of nitrogens with one attached hydrogen (secondary N) is 1. The van der Waals surface area contributed by atoms with Crippen LogP contribution >= 0.6 is 0 Å². The third-order valence-electron chi connectivity index (χ3n) is 2.56. The van der Waals surface area contributed by atoms with Gasteiger partial charge in [0.15, 0.2) is 0 Å². The molecule has 98 valence electrons. The quantitative estimate of drug-likeness (QED) is 0.534. The molecule has 0 atom stereocenters. The zero-order chi connectivity index (χ0) is 12.4. The minimum absolute atomic E-state index is 1.09. The van der Waals surface area contributed by atoms with Crippen LogP contribution in [-0.2, 0) is 0 Å². The van der Waals surface area contributed by atoms with Gasteiger partial charge in [0, 0.05) is 26.2 Å². The Morgan fingerprint density at radius 1 is 0.688 bits per heavy atom. The summed E-state index contributed by atoms with van der Waals surface area (Å²) >= 11 is 0. The van der Waals surface area contributed by atoms with Crippen molar-refractivity contribution >= 4 is 0 Å². The van der Waals surface area contributed by atoms with Gasteiger partial charge in [-0.2, -0.15) is 0 Å². The van der Waals surface area contributed by atoms with E-state index in [4.69, 9.17) is 0 Å². The molecule has 16 heavy (non-hydrogen) atoms. The van der Waals surface area contributed by atoms with E-state index in [0.29, 0.717) is 0 Å². The summed E-state index contributed by atoms with van der Waals surface area (Å²) in [6, 6.07) is 0. The van der Waals surface area contributed by atoms with Gasteiger partial charge >= 0.3 is 0 Å². The van der Waals surface area contributed by atoms with Crippen LogP contribution < -0.4 is 5.32 Å². The highest BCUT2D eigenvalue weighted by Crippen LogP contribution is 1.84. The second kappa shape index (κ2) is 10.0. The zero-order valence-electron chi connectivity index (χ0n) is 11.8. The Kier molecular flexibility index (Phi) is 9.92. The molecule has 0 radical (unpaired) electrons. The van der Waals surface area contributed by atoms with Gasteiger partial charge in [-0.05, 0) is 54.7 Å². The van der Waals surface area contributed by atoms with E-state index in [-0.39, 0.29) is 0 Å². The lowest BCUT2D eigenvalue weighted by Gasteiger charge is -2.19. The summed E-state index contributed by atoms with van der Waals surface area (Å²) in [6.45, 7) is 6.81. The molecule has 0 heterocycles. The van der Waals surface area contributed by atoms with Gasteiger partial charge in [0.2, 0.25) is 0 Å². The maximum absolute atomic E-state index is 3.48. The van der Waals surface area contributed by atoms with Gasteiger partial charge in [0.05, 0.1) is 0 Å². The molecule has 0 unspecified atom stereocenters. The van der Waals surface area contributed by atoms with Crippen LogP contribution in [0.15, 0.2) is 0 Å². The van der Waals surface area contributed by atoms with Crippen molar-refractivity contribution in [1.29, 1.82) is 0 Å². The van der Waals surface area contributed by atoms with Crippen molar-refractivity contribution in [3.05, 3.63) is 0 Å². The fourth-order valence-corrected chi connectivity index (χ4v) is 1.40. The second-order valence-corrected chi connectivity index (χ2v) is 5.01. The van der Waals surface area contributed by atoms with Crippen molar-refractivity contribution in [2.24, 2.45) is 0 Å². The van der Waals surface area contributed by atoms with Gasteiger partial charge < -0.3 is 20.0 Å². The average molecular weight is 230 g/mol. The van der Waals surface area contributed by atoms with Gasteiger partial charge in [-0.3, -0.25) is 0 Å². The molecule has 0 saturated heterocycles. The summed E-state index contributed by atoms with van der Waals surface area (Å²) in [4.78, 5) is 6.82. The molecule has 0 aromatic heterocycles. The standard InChI is InChI=1S/C12H30N4/c1-14(2)9-6-7-13-8-10-16(5)12-11-15(3)4/h13H,6-12H2,1-5H3. The maximum Gasteiger partial charge on any atom is 0.0107 e. The SMILES string of the molecule is CN(C)CCCNCCN(C)CCN(C)C. The van der Waals surface area contributed by atoms with Gasteiger partial charge in [-0.15, -0.1) is 0 Å². The monoisotopic (exact) mass is 230 g/mol. The second-order valence-electron chi connectivity index (χ2n) is 5.01. The van der Waals surface area contributed by atoms with E-state index in [1.165, 1.54) is 13.0 Å². The van der Waals surface area contributed by atoms with Crippen LogP contribution in [0.25, 0.3) is 0 Å². The summed E-state index contributed by atoms with van der Waals surface area (Å²) in [5.74, 6) is 0. The summed E-state index contributed by atoms with van der Waals surface area (Å²) in [6.07, 6.45) is 1.23. The molecule has 0 rings (SSSR count). The van der Waals surface area contributed by atoms with Crippen LogP contribution in [0.1, 0.15) is 6.42 Å². The van der Waals surface area contributed by atoms with Crippen LogP contribution in [0.3, 0.4) is 0 Å². The number of rotatable bonds is 10. The number of hydrogen-bond acceptors (Lipinski definition) is 4. The Balaban J connectivity index is 3.18. The molecule has 0 aromatic carbocycles. The summed E-state index contributed by atoms with van der Waals surface area (Å²) in [7, 11) is 10.7. The smallest absolute Gasteiger partial charge is 0.0107 e. The Morgan fingerprint density at radius 2 is 1.31 bits per heavy atom. The first-order chi connectivity index (χ1) is 7.52. The first kappa shape index (κ1) is 15.8. The molecule has 0 aliphatic rings. The molecule has 0 aromatic rings. The van der Waals surface area contributed by atoms with Crippen molar-refractivity contribution in [3.63, 3.8) is 0 Å². The number of likely N-dealkylation sites (N-methyl/N-ethyl adjacent to an activating group) is 2. The Morgan fingerprint density at radius 3 is 1.88 bits per heavy atom. The van der Waals surface area contributed by atoms with Crippen LogP contribution in [0.4, 0.5) is 0 Å². The predicted octanol–water partition coefficient (Wildman–Crippen LogP) is 0.0211. The molecule has 0 spiro atoms. The van der Waals surface area contributed by atoms with E-state index < -0.39 is 0 Å². The first-order valence-electron chi connectivity index (χ1n) is 6.21. The van der Waals surface area contributed by atoms with Crippen LogP contribution in [0.5, 0.6) is 0 Å². The van der Waals surface area contributed by atoms with Crippen molar-refractivity contribution in [3.8, 4) is 0 Å². The lowest BCUT2D eigenvalue weighted by atomic mass is 10.4. The minimum Gasteiger partial charge on any atom is -0.315 e. The highest BCUT2D eigenvalue weighted by molar-refractivity contribution is 4.57.